The number of nitro groups is 1. The molecular formula is C31H25N5O2S2. The van der Waals surface area contributed by atoms with Crippen LogP contribution in [0.5, 0.6) is 0 Å². The zero-order chi connectivity index (χ0) is 27.6. The van der Waals surface area contributed by atoms with Crippen LogP contribution in [0.1, 0.15) is 29.0 Å². The number of aryl methyl sites for hydroxylation is 1. The summed E-state index contributed by atoms with van der Waals surface area (Å²) >= 11 is 7.48. The number of aromatic nitrogens is 2. The Hall–Kier alpha value is -4.47. The molecule has 6 rings (SSSR count). The number of hydrogen-bond donors (Lipinski definition) is 1. The lowest BCUT2D eigenvalue weighted by Gasteiger charge is -2.29. The Bertz CT molecular complexity index is 1670. The van der Waals surface area contributed by atoms with Gasteiger partial charge in [0.25, 0.3) is 5.69 Å². The lowest BCUT2D eigenvalue weighted by atomic mass is 10.0. The van der Waals surface area contributed by atoms with Gasteiger partial charge >= 0.3 is 0 Å². The fourth-order valence-electron chi connectivity index (χ4n) is 5.07. The summed E-state index contributed by atoms with van der Waals surface area (Å²) in [5.74, 6) is 0. The summed E-state index contributed by atoms with van der Waals surface area (Å²) in [4.78, 5) is 19.4. The molecule has 3 aromatic carbocycles. The van der Waals surface area contributed by atoms with E-state index in [0.29, 0.717) is 5.11 Å². The Balaban J connectivity index is 1.36. The van der Waals surface area contributed by atoms with Gasteiger partial charge in [-0.2, -0.15) is 0 Å². The molecule has 0 saturated carbocycles. The number of nitro benzene ring substituents is 1. The topological polar surface area (TPSA) is 76.2 Å². The molecule has 0 unspecified atom stereocenters. The average Bonchev–Trinajstić information content (AvgIpc) is 3.59. The molecule has 1 N–H and O–H groups in total. The van der Waals surface area contributed by atoms with Crippen LogP contribution < -0.4 is 10.2 Å². The first kappa shape index (κ1) is 25.8. The van der Waals surface area contributed by atoms with Gasteiger partial charge in [-0.15, -0.1) is 0 Å². The van der Waals surface area contributed by atoms with E-state index in [1.807, 2.05) is 30.5 Å². The van der Waals surface area contributed by atoms with E-state index in [-0.39, 0.29) is 22.7 Å². The van der Waals surface area contributed by atoms with E-state index in [1.165, 1.54) is 17.7 Å². The maximum Gasteiger partial charge on any atom is 0.269 e. The minimum Gasteiger partial charge on any atom is -0.351 e. The SMILES string of the molecule is Cc1ccccc1-n1cccc1[C@@H]1[C@@H](c2ccccn2)NC(=S)N1c1ccc(Sc2ccc([N+](=O)[O-])cc2)cc1. The molecule has 198 valence electrons. The quantitative estimate of drug-likeness (QED) is 0.125. The number of pyridine rings is 1. The van der Waals surface area contributed by atoms with Gasteiger partial charge < -0.3 is 14.8 Å². The summed E-state index contributed by atoms with van der Waals surface area (Å²) < 4.78 is 2.23. The lowest BCUT2D eigenvalue weighted by molar-refractivity contribution is -0.384. The van der Waals surface area contributed by atoms with Gasteiger partial charge in [0.1, 0.15) is 6.04 Å². The van der Waals surface area contributed by atoms with E-state index in [4.69, 9.17) is 12.2 Å². The molecule has 5 aromatic rings. The summed E-state index contributed by atoms with van der Waals surface area (Å²) in [6.45, 7) is 2.12. The third kappa shape index (κ3) is 4.97. The van der Waals surface area contributed by atoms with Gasteiger partial charge in [0.05, 0.1) is 16.7 Å². The molecule has 0 radical (unpaired) electrons. The standard InChI is InChI=1S/C31H25N5O2S2/c1-21-7-2-3-9-27(21)34-20-6-10-28(34)30-29(26-8-4-5-19-32-26)33-31(39)35(30)22-11-15-24(16-12-22)40-25-17-13-23(14-18-25)36(37)38/h2-20,29-30H,1H3,(H,33,39)/t29-,30-/m1/s1. The highest BCUT2D eigenvalue weighted by Crippen LogP contribution is 2.43. The Labute approximate surface area is 241 Å². The molecule has 1 fully saturated rings. The van der Waals surface area contributed by atoms with Crippen molar-refractivity contribution in [2.75, 3.05) is 4.90 Å². The van der Waals surface area contributed by atoms with E-state index < -0.39 is 0 Å². The molecule has 0 aliphatic carbocycles. The van der Waals surface area contributed by atoms with Gasteiger partial charge in [0.2, 0.25) is 0 Å². The van der Waals surface area contributed by atoms with E-state index in [0.717, 1.165) is 32.6 Å². The van der Waals surface area contributed by atoms with Crippen molar-refractivity contribution in [2.24, 2.45) is 0 Å². The molecule has 7 nitrogen and oxygen atoms in total. The summed E-state index contributed by atoms with van der Waals surface area (Å²) in [6.07, 6.45) is 3.90. The van der Waals surface area contributed by atoms with Crippen molar-refractivity contribution in [2.45, 2.75) is 28.8 Å². The van der Waals surface area contributed by atoms with Crippen molar-refractivity contribution >= 4 is 40.5 Å². The molecule has 0 bridgehead atoms. The highest BCUT2D eigenvalue weighted by atomic mass is 32.2. The highest BCUT2D eigenvalue weighted by Gasteiger charge is 2.42. The Kier molecular flexibility index (Phi) is 7.06. The lowest BCUT2D eigenvalue weighted by Crippen LogP contribution is -2.30. The third-order valence-corrected chi connectivity index (χ3v) is 8.28. The van der Waals surface area contributed by atoms with E-state index in [9.17, 15) is 10.1 Å². The fraction of sp³-hybridized carbons (Fsp3) is 0.0968. The molecule has 9 heteroatoms. The van der Waals surface area contributed by atoms with Crippen molar-refractivity contribution in [3.8, 4) is 5.69 Å². The highest BCUT2D eigenvalue weighted by molar-refractivity contribution is 7.99. The van der Waals surface area contributed by atoms with Gasteiger partial charge in [-0.1, -0.05) is 36.0 Å². The van der Waals surface area contributed by atoms with E-state index in [2.05, 4.69) is 87.5 Å². The van der Waals surface area contributed by atoms with Crippen molar-refractivity contribution in [3.05, 3.63) is 143 Å². The van der Waals surface area contributed by atoms with Gasteiger partial charge in [-0.3, -0.25) is 15.1 Å². The molecule has 40 heavy (non-hydrogen) atoms. The van der Waals surface area contributed by atoms with Crippen molar-refractivity contribution in [1.82, 2.24) is 14.9 Å². The van der Waals surface area contributed by atoms with Crippen molar-refractivity contribution in [3.63, 3.8) is 0 Å². The molecule has 1 aliphatic heterocycles. The van der Waals surface area contributed by atoms with Crippen LogP contribution in [0.3, 0.4) is 0 Å². The van der Waals surface area contributed by atoms with Gasteiger partial charge in [0.15, 0.2) is 5.11 Å². The first-order chi connectivity index (χ1) is 19.5. The average molecular weight is 564 g/mol. The van der Waals surface area contributed by atoms with Crippen LogP contribution in [0.25, 0.3) is 5.69 Å². The number of anilines is 1. The predicted molar refractivity (Wildman–Crippen MR) is 162 cm³/mol. The van der Waals surface area contributed by atoms with Gasteiger partial charge in [0, 0.05) is 51.4 Å². The minimum absolute atomic E-state index is 0.0821. The molecule has 1 saturated heterocycles. The van der Waals surface area contributed by atoms with Crippen molar-refractivity contribution in [1.29, 1.82) is 0 Å². The summed E-state index contributed by atoms with van der Waals surface area (Å²) in [6, 6.07) is 33.0. The number of nitrogens with zero attached hydrogens (tertiary/aromatic N) is 4. The van der Waals surface area contributed by atoms with E-state index in [1.54, 1.807) is 23.9 Å². The zero-order valence-electron chi connectivity index (χ0n) is 21.5. The fourth-order valence-corrected chi connectivity index (χ4v) is 6.23. The summed E-state index contributed by atoms with van der Waals surface area (Å²) in [5.41, 5.74) is 5.36. The molecule has 2 atom stereocenters. The number of hydrogen-bond acceptors (Lipinski definition) is 5. The second kappa shape index (κ2) is 11.0. The minimum atomic E-state index is -0.388. The number of non-ortho nitro benzene ring substituents is 1. The number of nitrogens with one attached hydrogen (secondary N) is 1. The Morgan fingerprint density at radius 2 is 1.60 bits per heavy atom. The van der Waals surface area contributed by atoms with Crippen LogP contribution in [0.2, 0.25) is 0 Å². The normalized spacial score (nSPS) is 16.6. The largest absolute Gasteiger partial charge is 0.351 e. The van der Waals surface area contributed by atoms with Gasteiger partial charge in [-0.25, -0.2) is 0 Å². The number of benzene rings is 3. The summed E-state index contributed by atoms with van der Waals surface area (Å²) in [5, 5.41) is 15.2. The monoisotopic (exact) mass is 563 g/mol. The maximum absolute atomic E-state index is 11.0. The Morgan fingerprint density at radius 3 is 2.27 bits per heavy atom. The van der Waals surface area contributed by atoms with E-state index >= 15 is 0 Å². The van der Waals surface area contributed by atoms with Crippen LogP contribution >= 0.6 is 24.0 Å². The third-order valence-electron chi connectivity index (χ3n) is 6.95. The van der Waals surface area contributed by atoms with Crippen LogP contribution in [-0.2, 0) is 0 Å². The second-order valence-electron chi connectivity index (χ2n) is 9.43. The second-order valence-corrected chi connectivity index (χ2v) is 11.0. The molecular weight excluding hydrogens is 539 g/mol. The predicted octanol–water partition coefficient (Wildman–Crippen LogP) is 7.42. The number of thiocarbonyl (C=S) groups is 1. The molecule has 0 spiro atoms. The summed E-state index contributed by atoms with van der Waals surface area (Å²) in [7, 11) is 0. The van der Waals surface area contributed by atoms with Crippen LogP contribution in [0, 0.1) is 17.0 Å². The first-order valence-electron chi connectivity index (χ1n) is 12.8. The number of para-hydroxylation sites is 1. The van der Waals surface area contributed by atoms with Crippen molar-refractivity contribution < 1.29 is 4.92 Å². The molecule has 3 heterocycles. The molecule has 0 amide bonds. The van der Waals surface area contributed by atoms with Crippen LogP contribution in [-0.4, -0.2) is 19.6 Å². The van der Waals surface area contributed by atoms with Gasteiger partial charge in [-0.05, 0) is 91.4 Å². The number of rotatable bonds is 7. The smallest absolute Gasteiger partial charge is 0.269 e. The first-order valence-corrected chi connectivity index (χ1v) is 14.0. The van der Waals surface area contributed by atoms with Crippen LogP contribution in [0.15, 0.2) is 125 Å². The Morgan fingerprint density at radius 1 is 0.900 bits per heavy atom. The molecule has 2 aromatic heterocycles. The van der Waals surface area contributed by atoms with Crippen LogP contribution in [0.4, 0.5) is 11.4 Å². The zero-order valence-corrected chi connectivity index (χ0v) is 23.2. The maximum atomic E-state index is 11.0. The molecule has 1 aliphatic rings.